The fraction of sp³-hybridized carbons (Fsp3) is 0.200. The van der Waals surface area contributed by atoms with Gasteiger partial charge in [-0.15, -0.1) is 11.3 Å². The zero-order valence-electron chi connectivity index (χ0n) is 8.11. The van der Waals surface area contributed by atoms with Gasteiger partial charge in [0.05, 0.1) is 9.88 Å². The van der Waals surface area contributed by atoms with Gasteiger partial charge in [0.15, 0.2) is 5.75 Å². The average Bonchev–Trinajstić information content (AvgIpc) is 2.63. The van der Waals surface area contributed by atoms with E-state index in [1.807, 2.05) is 6.92 Å². The third-order valence-corrected chi connectivity index (χ3v) is 2.65. The van der Waals surface area contributed by atoms with E-state index in [4.69, 9.17) is 4.74 Å². The molecule has 0 fully saturated rings. The molecule has 0 unspecified atom stereocenters. The van der Waals surface area contributed by atoms with Crippen molar-refractivity contribution in [1.29, 1.82) is 0 Å². The van der Waals surface area contributed by atoms with E-state index >= 15 is 0 Å². The van der Waals surface area contributed by atoms with Crippen LogP contribution in [0.15, 0.2) is 24.5 Å². The highest BCUT2D eigenvalue weighted by atomic mass is 32.1. The fourth-order valence-electron chi connectivity index (χ4n) is 1.10. The Morgan fingerprint density at radius 2 is 2.33 bits per heavy atom. The molecule has 0 bridgehead atoms. The summed E-state index contributed by atoms with van der Waals surface area (Å²) in [6, 6.07) is 3.19. The van der Waals surface area contributed by atoms with Gasteiger partial charge in [0.1, 0.15) is 6.61 Å². The Morgan fingerprint density at radius 3 is 3.00 bits per heavy atom. The molecule has 2 rings (SSSR count). The first-order valence-electron chi connectivity index (χ1n) is 4.40. The average molecular weight is 224 g/mol. The molecule has 15 heavy (non-hydrogen) atoms. The van der Waals surface area contributed by atoms with Crippen LogP contribution in [0.3, 0.4) is 0 Å². The monoisotopic (exact) mass is 224 g/mol. The summed E-state index contributed by atoms with van der Waals surface area (Å²) in [7, 11) is 0. The molecule has 5 heteroatoms. The standard InChI is InChI=1S/C10H9FN2OS/c1-7-13-5-8(15-7)6-14-9-3-2-4-12-10(9)11/h2-5H,6H2,1H3. The van der Waals surface area contributed by atoms with Gasteiger partial charge >= 0.3 is 0 Å². The van der Waals surface area contributed by atoms with E-state index in [-0.39, 0.29) is 5.75 Å². The highest BCUT2D eigenvalue weighted by molar-refractivity contribution is 7.11. The second-order valence-corrected chi connectivity index (χ2v) is 4.25. The van der Waals surface area contributed by atoms with Crippen molar-refractivity contribution in [2.45, 2.75) is 13.5 Å². The number of thiazole rings is 1. The predicted octanol–water partition coefficient (Wildman–Crippen LogP) is 2.56. The largest absolute Gasteiger partial charge is 0.483 e. The molecule has 0 amide bonds. The molecule has 0 aliphatic heterocycles. The third kappa shape index (κ3) is 2.50. The van der Waals surface area contributed by atoms with Gasteiger partial charge in [-0.1, -0.05) is 0 Å². The van der Waals surface area contributed by atoms with Gasteiger partial charge in [-0.2, -0.15) is 4.39 Å². The van der Waals surface area contributed by atoms with Crippen molar-refractivity contribution in [2.24, 2.45) is 0 Å². The number of hydrogen-bond donors (Lipinski definition) is 0. The highest BCUT2D eigenvalue weighted by Crippen LogP contribution is 2.17. The normalized spacial score (nSPS) is 10.3. The number of halogens is 1. The molecular formula is C10H9FN2OS. The number of pyridine rings is 1. The third-order valence-electron chi connectivity index (χ3n) is 1.76. The lowest BCUT2D eigenvalue weighted by Crippen LogP contribution is -1.96. The Morgan fingerprint density at radius 1 is 1.47 bits per heavy atom. The fourth-order valence-corrected chi connectivity index (χ4v) is 1.81. The van der Waals surface area contributed by atoms with Crippen LogP contribution in [0.5, 0.6) is 5.75 Å². The number of rotatable bonds is 3. The maximum absolute atomic E-state index is 13.0. The molecule has 0 aliphatic rings. The lowest BCUT2D eigenvalue weighted by molar-refractivity contribution is 0.289. The van der Waals surface area contributed by atoms with E-state index in [0.717, 1.165) is 9.88 Å². The number of hydrogen-bond acceptors (Lipinski definition) is 4. The zero-order valence-corrected chi connectivity index (χ0v) is 8.92. The maximum Gasteiger partial charge on any atom is 0.255 e. The molecule has 0 saturated heterocycles. The van der Waals surface area contributed by atoms with Gasteiger partial charge in [-0.3, -0.25) is 0 Å². The maximum atomic E-state index is 13.0. The van der Waals surface area contributed by atoms with Crippen LogP contribution in [0.4, 0.5) is 4.39 Å². The van der Waals surface area contributed by atoms with Gasteiger partial charge in [0, 0.05) is 12.4 Å². The van der Waals surface area contributed by atoms with Crippen molar-refractivity contribution in [3.05, 3.63) is 40.4 Å². The Labute approximate surface area is 90.6 Å². The van der Waals surface area contributed by atoms with Crippen LogP contribution < -0.4 is 4.74 Å². The number of nitrogens with zero attached hydrogens (tertiary/aromatic N) is 2. The molecule has 0 atom stereocenters. The molecule has 0 aliphatic carbocycles. The van der Waals surface area contributed by atoms with Crippen LogP contribution in [-0.4, -0.2) is 9.97 Å². The van der Waals surface area contributed by atoms with E-state index in [2.05, 4.69) is 9.97 Å². The number of aryl methyl sites for hydroxylation is 1. The summed E-state index contributed by atoms with van der Waals surface area (Å²) in [4.78, 5) is 8.54. The molecule has 2 heterocycles. The van der Waals surface area contributed by atoms with Crippen molar-refractivity contribution in [2.75, 3.05) is 0 Å². The minimum Gasteiger partial charge on any atom is -0.483 e. The lowest BCUT2D eigenvalue weighted by Gasteiger charge is -2.03. The Balaban J connectivity index is 2.02. The van der Waals surface area contributed by atoms with E-state index < -0.39 is 5.95 Å². The summed E-state index contributed by atoms with van der Waals surface area (Å²) in [6.45, 7) is 2.24. The van der Waals surface area contributed by atoms with Crippen LogP contribution in [-0.2, 0) is 6.61 Å². The van der Waals surface area contributed by atoms with E-state index in [1.165, 1.54) is 17.5 Å². The van der Waals surface area contributed by atoms with Gasteiger partial charge in [-0.05, 0) is 19.1 Å². The highest BCUT2D eigenvalue weighted by Gasteiger charge is 2.04. The smallest absolute Gasteiger partial charge is 0.255 e. The topological polar surface area (TPSA) is 35.0 Å². The summed E-state index contributed by atoms with van der Waals surface area (Å²) in [5.41, 5.74) is 0. The Hall–Kier alpha value is -1.49. The second kappa shape index (κ2) is 4.35. The van der Waals surface area contributed by atoms with Crippen molar-refractivity contribution in [3.8, 4) is 5.75 Å². The van der Waals surface area contributed by atoms with Gasteiger partial charge < -0.3 is 4.74 Å². The Bertz CT molecular complexity index is 458. The van der Waals surface area contributed by atoms with Gasteiger partial charge in [-0.25, -0.2) is 9.97 Å². The van der Waals surface area contributed by atoms with Crippen LogP contribution in [0, 0.1) is 12.9 Å². The molecule has 0 aromatic carbocycles. The number of ether oxygens (including phenoxy) is 1. The van der Waals surface area contributed by atoms with E-state index in [1.54, 1.807) is 18.3 Å². The SMILES string of the molecule is Cc1ncc(COc2cccnc2F)s1. The zero-order chi connectivity index (χ0) is 10.7. The lowest BCUT2D eigenvalue weighted by atomic mass is 10.4. The van der Waals surface area contributed by atoms with Crippen LogP contribution in [0.25, 0.3) is 0 Å². The van der Waals surface area contributed by atoms with Crippen molar-refractivity contribution in [1.82, 2.24) is 9.97 Å². The molecule has 2 aromatic rings. The first kappa shape index (κ1) is 10.0. The predicted molar refractivity (Wildman–Crippen MR) is 55.4 cm³/mol. The number of aromatic nitrogens is 2. The summed E-state index contributed by atoms with van der Waals surface area (Å²) in [5.74, 6) is -0.415. The molecular weight excluding hydrogens is 215 g/mol. The van der Waals surface area contributed by atoms with Crippen LogP contribution in [0.1, 0.15) is 9.88 Å². The molecule has 78 valence electrons. The quantitative estimate of drug-likeness (QED) is 0.751. The molecule has 3 nitrogen and oxygen atoms in total. The summed E-state index contributed by atoms with van der Waals surface area (Å²) >= 11 is 1.53. The van der Waals surface area contributed by atoms with E-state index in [0.29, 0.717) is 6.61 Å². The first-order valence-corrected chi connectivity index (χ1v) is 5.22. The summed E-state index contributed by atoms with van der Waals surface area (Å²) in [6.07, 6.45) is 3.12. The minimum atomic E-state index is -0.585. The molecule has 0 radical (unpaired) electrons. The first-order chi connectivity index (χ1) is 7.25. The molecule has 0 spiro atoms. The van der Waals surface area contributed by atoms with Crippen molar-refractivity contribution >= 4 is 11.3 Å². The summed E-state index contributed by atoms with van der Waals surface area (Å²) < 4.78 is 18.3. The van der Waals surface area contributed by atoms with Gasteiger partial charge in [0.25, 0.3) is 5.95 Å². The molecule has 0 N–H and O–H groups in total. The second-order valence-electron chi connectivity index (χ2n) is 2.93. The molecule has 2 aromatic heterocycles. The Kier molecular flexibility index (Phi) is 2.91. The van der Waals surface area contributed by atoms with Crippen molar-refractivity contribution < 1.29 is 9.13 Å². The van der Waals surface area contributed by atoms with Crippen LogP contribution in [0.2, 0.25) is 0 Å². The minimum absolute atomic E-state index is 0.170. The van der Waals surface area contributed by atoms with Gasteiger partial charge in [0.2, 0.25) is 0 Å². The van der Waals surface area contributed by atoms with Crippen molar-refractivity contribution in [3.63, 3.8) is 0 Å². The van der Waals surface area contributed by atoms with Crippen LogP contribution >= 0.6 is 11.3 Å². The molecule has 0 saturated carbocycles. The summed E-state index contributed by atoms with van der Waals surface area (Å²) in [5, 5.41) is 0.972. The van der Waals surface area contributed by atoms with E-state index in [9.17, 15) is 4.39 Å².